The Morgan fingerprint density at radius 1 is 0.955 bits per heavy atom. The summed E-state index contributed by atoms with van der Waals surface area (Å²) in [6.07, 6.45) is -0.0515. The summed E-state index contributed by atoms with van der Waals surface area (Å²) in [5, 5.41) is 5.83. The first-order valence-electron chi connectivity index (χ1n) is 6.93. The van der Waals surface area contributed by atoms with E-state index in [1.807, 2.05) is 48.5 Å². The van der Waals surface area contributed by atoms with Gasteiger partial charge in [0.2, 0.25) is 5.91 Å². The van der Waals surface area contributed by atoms with Crippen LogP contribution in [0, 0.1) is 0 Å². The fraction of sp³-hybridized carbons (Fsp3) is 0.176. The smallest absolute Gasteiger partial charge is 0.308 e. The van der Waals surface area contributed by atoms with Gasteiger partial charge in [0.25, 0.3) is 0 Å². The molecule has 0 spiro atoms. The summed E-state index contributed by atoms with van der Waals surface area (Å²) in [5.74, 6) is -0.739. The molecule has 1 atom stereocenters. The largest absolute Gasteiger partial charge is 0.469 e. The predicted molar refractivity (Wildman–Crippen MR) is 85.6 cm³/mol. The van der Waals surface area contributed by atoms with E-state index in [-0.39, 0.29) is 12.3 Å². The number of carbonyl (C=O) groups is 2. The van der Waals surface area contributed by atoms with E-state index in [4.69, 9.17) is 0 Å². The Morgan fingerprint density at radius 2 is 1.50 bits per heavy atom. The van der Waals surface area contributed by atoms with Crippen LogP contribution in [0.1, 0.15) is 6.42 Å². The van der Waals surface area contributed by atoms with Gasteiger partial charge in [-0.1, -0.05) is 36.4 Å². The van der Waals surface area contributed by atoms with E-state index in [9.17, 15) is 9.59 Å². The number of esters is 1. The number of para-hydroxylation sites is 2. The molecule has 1 unspecified atom stereocenters. The summed E-state index contributed by atoms with van der Waals surface area (Å²) >= 11 is 0. The van der Waals surface area contributed by atoms with Crippen LogP contribution in [0.25, 0.3) is 0 Å². The predicted octanol–water partition coefficient (Wildman–Crippen LogP) is 2.67. The SMILES string of the molecule is COC(=O)CC(Nc1ccccc1)C(=O)Nc1ccccc1. The highest BCUT2D eigenvalue weighted by Gasteiger charge is 2.22. The maximum absolute atomic E-state index is 12.4. The van der Waals surface area contributed by atoms with Crippen LogP contribution in [0.4, 0.5) is 11.4 Å². The number of rotatable bonds is 6. The van der Waals surface area contributed by atoms with Crippen LogP contribution in [-0.4, -0.2) is 25.0 Å². The molecule has 5 nitrogen and oxygen atoms in total. The van der Waals surface area contributed by atoms with Crippen LogP contribution in [0.2, 0.25) is 0 Å². The lowest BCUT2D eigenvalue weighted by molar-refractivity contribution is -0.142. The Hall–Kier alpha value is -2.82. The molecule has 5 heteroatoms. The van der Waals surface area contributed by atoms with Crippen LogP contribution in [0.3, 0.4) is 0 Å². The van der Waals surface area contributed by atoms with Crippen LogP contribution < -0.4 is 10.6 Å². The first-order chi connectivity index (χ1) is 10.7. The molecule has 2 N–H and O–H groups in total. The number of hydrogen-bond acceptors (Lipinski definition) is 4. The van der Waals surface area contributed by atoms with E-state index < -0.39 is 12.0 Å². The highest BCUT2D eigenvalue weighted by Crippen LogP contribution is 2.12. The van der Waals surface area contributed by atoms with E-state index >= 15 is 0 Å². The summed E-state index contributed by atoms with van der Waals surface area (Å²) in [5.41, 5.74) is 1.44. The minimum Gasteiger partial charge on any atom is -0.469 e. The normalized spacial score (nSPS) is 11.3. The average Bonchev–Trinajstić information content (AvgIpc) is 2.56. The van der Waals surface area contributed by atoms with Crippen molar-refractivity contribution in [1.82, 2.24) is 0 Å². The van der Waals surface area contributed by atoms with Gasteiger partial charge in [-0.2, -0.15) is 0 Å². The maximum atomic E-state index is 12.4. The highest BCUT2D eigenvalue weighted by molar-refractivity contribution is 5.98. The Labute approximate surface area is 129 Å². The molecule has 0 bridgehead atoms. The zero-order valence-electron chi connectivity index (χ0n) is 12.3. The van der Waals surface area contributed by atoms with Crippen molar-refractivity contribution in [2.24, 2.45) is 0 Å². The second kappa shape index (κ2) is 7.83. The number of methoxy groups -OCH3 is 1. The Morgan fingerprint density at radius 3 is 2.05 bits per heavy atom. The Kier molecular flexibility index (Phi) is 5.54. The maximum Gasteiger partial charge on any atom is 0.308 e. The highest BCUT2D eigenvalue weighted by atomic mass is 16.5. The van der Waals surface area contributed by atoms with Crippen molar-refractivity contribution in [2.75, 3.05) is 17.7 Å². The van der Waals surface area contributed by atoms with Crippen molar-refractivity contribution in [3.8, 4) is 0 Å². The number of hydrogen-bond donors (Lipinski definition) is 2. The third-order valence-corrected chi connectivity index (χ3v) is 3.07. The van der Waals surface area contributed by atoms with Gasteiger partial charge in [0, 0.05) is 11.4 Å². The number of amides is 1. The van der Waals surface area contributed by atoms with Gasteiger partial charge in [-0.3, -0.25) is 9.59 Å². The van der Waals surface area contributed by atoms with E-state index in [0.717, 1.165) is 5.69 Å². The summed E-state index contributed by atoms with van der Waals surface area (Å²) in [6, 6.07) is 17.6. The fourth-order valence-corrected chi connectivity index (χ4v) is 1.95. The lowest BCUT2D eigenvalue weighted by Gasteiger charge is -2.18. The molecule has 0 saturated heterocycles. The quantitative estimate of drug-likeness (QED) is 0.805. The van der Waals surface area contributed by atoms with E-state index in [0.29, 0.717) is 5.69 Å². The fourth-order valence-electron chi connectivity index (χ4n) is 1.95. The van der Waals surface area contributed by atoms with E-state index in [1.54, 1.807) is 12.1 Å². The molecule has 0 aliphatic rings. The van der Waals surface area contributed by atoms with Crippen molar-refractivity contribution >= 4 is 23.3 Å². The van der Waals surface area contributed by atoms with Gasteiger partial charge in [-0.05, 0) is 24.3 Å². The molecule has 2 aromatic carbocycles. The van der Waals surface area contributed by atoms with Crippen LogP contribution in [0.15, 0.2) is 60.7 Å². The zero-order chi connectivity index (χ0) is 15.8. The van der Waals surface area contributed by atoms with Crippen LogP contribution >= 0.6 is 0 Å². The van der Waals surface area contributed by atoms with Crippen LogP contribution in [0.5, 0.6) is 0 Å². The second-order valence-corrected chi connectivity index (χ2v) is 4.70. The van der Waals surface area contributed by atoms with Crippen molar-refractivity contribution in [2.45, 2.75) is 12.5 Å². The lowest BCUT2D eigenvalue weighted by atomic mass is 10.1. The molecule has 1 amide bonds. The number of anilines is 2. The van der Waals surface area contributed by atoms with Crippen molar-refractivity contribution < 1.29 is 14.3 Å². The standard InChI is InChI=1S/C17H18N2O3/c1-22-16(20)12-15(18-13-8-4-2-5-9-13)17(21)19-14-10-6-3-7-11-14/h2-11,15,18H,12H2,1H3,(H,19,21). The second-order valence-electron chi connectivity index (χ2n) is 4.70. The van der Waals surface area contributed by atoms with Gasteiger partial charge in [-0.15, -0.1) is 0 Å². The van der Waals surface area contributed by atoms with Gasteiger partial charge in [0.05, 0.1) is 13.5 Å². The van der Waals surface area contributed by atoms with Gasteiger partial charge < -0.3 is 15.4 Å². The molecule has 0 aliphatic carbocycles. The zero-order valence-corrected chi connectivity index (χ0v) is 12.3. The molecular formula is C17H18N2O3. The molecule has 0 aromatic heterocycles. The number of ether oxygens (including phenoxy) is 1. The molecule has 0 fully saturated rings. The first kappa shape index (κ1) is 15.6. The minimum absolute atomic E-state index is 0.0515. The molecule has 0 radical (unpaired) electrons. The molecule has 2 aromatic rings. The Balaban J connectivity index is 2.09. The van der Waals surface area contributed by atoms with Crippen molar-refractivity contribution in [3.05, 3.63) is 60.7 Å². The molecule has 0 aliphatic heterocycles. The topological polar surface area (TPSA) is 67.4 Å². The lowest BCUT2D eigenvalue weighted by Crippen LogP contribution is -2.36. The average molecular weight is 298 g/mol. The summed E-state index contributed by atoms with van der Waals surface area (Å²) in [4.78, 5) is 23.9. The van der Waals surface area contributed by atoms with Crippen LogP contribution in [-0.2, 0) is 14.3 Å². The van der Waals surface area contributed by atoms with Crippen molar-refractivity contribution in [1.29, 1.82) is 0 Å². The molecule has 22 heavy (non-hydrogen) atoms. The van der Waals surface area contributed by atoms with Crippen molar-refractivity contribution in [3.63, 3.8) is 0 Å². The molecule has 2 rings (SSSR count). The van der Waals surface area contributed by atoms with E-state index in [1.165, 1.54) is 7.11 Å². The first-order valence-corrected chi connectivity index (χ1v) is 6.93. The number of benzene rings is 2. The summed E-state index contributed by atoms with van der Waals surface area (Å²) in [7, 11) is 1.30. The third-order valence-electron chi connectivity index (χ3n) is 3.07. The van der Waals surface area contributed by atoms with Gasteiger partial charge in [-0.25, -0.2) is 0 Å². The van der Waals surface area contributed by atoms with Gasteiger partial charge in [0.1, 0.15) is 6.04 Å². The van der Waals surface area contributed by atoms with E-state index in [2.05, 4.69) is 15.4 Å². The number of carbonyl (C=O) groups excluding carboxylic acids is 2. The molecule has 0 heterocycles. The summed E-state index contributed by atoms with van der Waals surface area (Å²) in [6.45, 7) is 0. The van der Waals surface area contributed by atoms with Gasteiger partial charge in [0.15, 0.2) is 0 Å². The molecule has 114 valence electrons. The molecular weight excluding hydrogens is 280 g/mol. The monoisotopic (exact) mass is 298 g/mol. The third kappa shape index (κ3) is 4.63. The summed E-state index contributed by atoms with van der Waals surface area (Å²) < 4.78 is 4.66. The minimum atomic E-state index is -0.713. The molecule has 0 saturated carbocycles. The van der Waals surface area contributed by atoms with Gasteiger partial charge >= 0.3 is 5.97 Å². The Bertz CT molecular complexity index is 614. The number of nitrogens with one attached hydrogen (secondary N) is 2.